The molecule has 8 nitrogen and oxygen atoms in total. The van der Waals surface area contributed by atoms with Gasteiger partial charge in [0, 0.05) is 16.1 Å². The highest BCUT2D eigenvalue weighted by Gasteiger charge is 2.38. The number of para-hydroxylation sites is 2. The first-order valence-corrected chi connectivity index (χ1v) is 15.6. The molecule has 2 aliphatic heterocycles. The molecule has 0 unspecified atom stereocenters. The summed E-state index contributed by atoms with van der Waals surface area (Å²) in [7, 11) is 1.55. The molecule has 1 amide bonds. The Morgan fingerprint density at radius 2 is 1.73 bits per heavy atom. The molecule has 1 aromatic heterocycles. The maximum Gasteiger partial charge on any atom is 0.338 e. The van der Waals surface area contributed by atoms with E-state index in [1.807, 2.05) is 67.6 Å². The standard InChI is InChI=1S/C34H30ClN3O5S/c1-4-12-24-28(33(41)43-5-2)29(22-15-8-11-18-26(22)42-3)38-32(40)30(44-34(38)36-24)27-21-14-7-10-17-25(21)37(31(27)39)19-20-13-6-9-16-23(20)35/h6-11,13-18,29H,4-5,12,19H2,1-3H3/b30-27+/t29-/m1/s1. The summed E-state index contributed by atoms with van der Waals surface area (Å²) in [5.41, 5.74) is 3.49. The second-order valence-corrected chi connectivity index (χ2v) is 11.7. The van der Waals surface area contributed by atoms with E-state index in [1.54, 1.807) is 31.1 Å². The van der Waals surface area contributed by atoms with Gasteiger partial charge in [0.05, 0.1) is 42.8 Å². The first kappa shape index (κ1) is 29.6. The monoisotopic (exact) mass is 627 g/mol. The van der Waals surface area contributed by atoms with Crippen molar-refractivity contribution in [2.45, 2.75) is 39.3 Å². The Morgan fingerprint density at radius 3 is 2.48 bits per heavy atom. The van der Waals surface area contributed by atoms with Gasteiger partial charge in [-0.05, 0) is 37.1 Å². The molecule has 0 N–H and O–H groups in total. The number of anilines is 1. The van der Waals surface area contributed by atoms with Crippen LogP contribution in [-0.4, -0.2) is 30.2 Å². The Hall–Kier alpha value is -4.47. The van der Waals surface area contributed by atoms with Crippen molar-refractivity contribution in [2.24, 2.45) is 4.99 Å². The van der Waals surface area contributed by atoms with E-state index in [0.717, 1.165) is 23.3 Å². The van der Waals surface area contributed by atoms with E-state index in [1.165, 1.54) is 4.57 Å². The molecule has 224 valence electrons. The number of methoxy groups -OCH3 is 1. The summed E-state index contributed by atoms with van der Waals surface area (Å²) in [5.74, 6) is -0.325. The van der Waals surface area contributed by atoms with Crippen molar-refractivity contribution in [3.8, 4) is 5.75 Å². The summed E-state index contributed by atoms with van der Waals surface area (Å²) in [5, 5.41) is 0.553. The lowest BCUT2D eigenvalue weighted by Crippen LogP contribution is -2.41. The molecule has 0 saturated heterocycles. The van der Waals surface area contributed by atoms with Crippen molar-refractivity contribution in [3.63, 3.8) is 0 Å². The van der Waals surface area contributed by atoms with Crippen molar-refractivity contribution in [2.75, 3.05) is 18.6 Å². The van der Waals surface area contributed by atoms with Crippen LogP contribution < -0.4 is 24.5 Å². The van der Waals surface area contributed by atoms with Gasteiger partial charge in [-0.15, -0.1) is 0 Å². The molecule has 0 fully saturated rings. The number of rotatable bonds is 8. The Bertz CT molecular complexity index is 2010. The zero-order chi connectivity index (χ0) is 31.0. The number of amides is 1. The lowest BCUT2D eigenvalue weighted by molar-refractivity contribution is -0.139. The molecular formula is C34H30ClN3O5S. The van der Waals surface area contributed by atoms with Gasteiger partial charge in [0.15, 0.2) is 4.80 Å². The number of hydrogen-bond acceptors (Lipinski definition) is 7. The smallest absolute Gasteiger partial charge is 0.338 e. The van der Waals surface area contributed by atoms with Crippen LogP contribution >= 0.6 is 22.9 Å². The minimum Gasteiger partial charge on any atom is -0.496 e. The fourth-order valence-electron chi connectivity index (χ4n) is 5.81. The zero-order valence-corrected chi connectivity index (χ0v) is 26.1. The largest absolute Gasteiger partial charge is 0.496 e. The highest BCUT2D eigenvalue weighted by atomic mass is 35.5. The molecule has 0 bridgehead atoms. The van der Waals surface area contributed by atoms with E-state index in [9.17, 15) is 14.4 Å². The van der Waals surface area contributed by atoms with E-state index in [4.69, 9.17) is 26.1 Å². The van der Waals surface area contributed by atoms with E-state index in [-0.39, 0.29) is 23.6 Å². The SMILES string of the molecule is CCCC1=C(C(=O)OCC)[C@@H](c2ccccc2OC)n2c(s/c(=C3/C(=O)N(Cc4ccccc4Cl)c4ccccc43)c2=O)=N1. The average Bonchev–Trinajstić information content (AvgIpc) is 3.49. The maximum absolute atomic E-state index is 14.5. The number of aromatic nitrogens is 1. The first-order chi connectivity index (χ1) is 21.4. The van der Waals surface area contributed by atoms with Crippen LogP contribution in [0.25, 0.3) is 5.57 Å². The van der Waals surface area contributed by atoms with Crippen LogP contribution in [0.2, 0.25) is 5.02 Å². The molecule has 0 radical (unpaired) electrons. The normalized spacial score (nSPS) is 16.9. The number of carbonyl (C=O) groups excluding carboxylic acids is 2. The van der Waals surface area contributed by atoms with Crippen LogP contribution in [0.1, 0.15) is 49.4 Å². The molecule has 6 rings (SSSR count). The van der Waals surface area contributed by atoms with Crippen molar-refractivity contribution in [1.82, 2.24) is 4.57 Å². The van der Waals surface area contributed by atoms with Crippen LogP contribution in [0, 0.1) is 0 Å². The maximum atomic E-state index is 14.5. The molecule has 10 heteroatoms. The number of benzene rings is 3. The third-order valence-electron chi connectivity index (χ3n) is 7.74. The number of allylic oxidation sites excluding steroid dienone is 1. The second-order valence-electron chi connectivity index (χ2n) is 10.4. The highest BCUT2D eigenvalue weighted by molar-refractivity contribution is 7.07. The zero-order valence-electron chi connectivity index (χ0n) is 24.5. The molecule has 4 aromatic rings. The van der Waals surface area contributed by atoms with Crippen LogP contribution in [0.4, 0.5) is 5.69 Å². The number of esters is 1. The molecule has 3 aromatic carbocycles. The van der Waals surface area contributed by atoms with E-state index >= 15 is 0 Å². The summed E-state index contributed by atoms with van der Waals surface area (Å²) in [6.45, 7) is 4.16. The fourth-order valence-corrected chi connectivity index (χ4v) is 7.12. The molecule has 0 spiro atoms. The number of fused-ring (bicyclic) bond motifs is 2. The number of carbonyl (C=O) groups is 2. The molecule has 1 atom stereocenters. The number of nitrogens with zero attached hydrogens (tertiary/aromatic N) is 3. The van der Waals surface area contributed by atoms with Gasteiger partial charge >= 0.3 is 5.97 Å². The molecule has 0 aliphatic carbocycles. The Kier molecular flexibility index (Phi) is 8.25. The average molecular weight is 628 g/mol. The lowest BCUT2D eigenvalue weighted by atomic mass is 9.93. The predicted molar refractivity (Wildman–Crippen MR) is 171 cm³/mol. The fraction of sp³-hybridized carbons (Fsp3) is 0.235. The van der Waals surface area contributed by atoms with Crippen molar-refractivity contribution >= 4 is 46.1 Å². The van der Waals surface area contributed by atoms with Gasteiger partial charge in [-0.3, -0.25) is 14.2 Å². The number of halogens is 1. The van der Waals surface area contributed by atoms with E-state index < -0.39 is 17.6 Å². The predicted octanol–water partition coefficient (Wildman–Crippen LogP) is 5.16. The van der Waals surface area contributed by atoms with Gasteiger partial charge in [0.1, 0.15) is 16.3 Å². The van der Waals surface area contributed by atoms with E-state index in [2.05, 4.69) is 0 Å². The minimum atomic E-state index is -0.858. The van der Waals surface area contributed by atoms with Gasteiger partial charge in [0.25, 0.3) is 11.5 Å². The lowest BCUT2D eigenvalue weighted by Gasteiger charge is -2.26. The van der Waals surface area contributed by atoms with Crippen LogP contribution in [-0.2, 0) is 20.9 Å². The molecule has 0 saturated carbocycles. The topological polar surface area (TPSA) is 90.2 Å². The van der Waals surface area contributed by atoms with Gasteiger partial charge in [0.2, 0.25) is 0 Å². The third kappa shape index (κ3) is 4.96. The molecule has 44 heavy (non-hydrogen) atoms. The molecule has 2 aliphatic rings. The summed E-state index contributed by atoms with van der Waals surface area (Å²) in [6, 6.07) is 21.2. The molecule has 3 heterocycles. The van der Waals surface area contributed by atoms with Gasteiger partial charge in [-0.25, -0.2) is 9.79 Å². The van der Waals surface area contributed by atoms with Gasteiger partial charge < -0.3 is 14.4 Å². The van der Waals surface area contributed by atoms with Crippen molar-refractivity contribution in [1.29, 1.82) is 0 Å². The van der Waals surface area contributed by atoms with Crippen LogP contribution in [0.5, 0.6) is 5.75 Å². The number of ether oxygens (including phenoxy) is 2. The van der Waals surface area contributed by atoms with Crippen LogP contribution in [0.3, 0.4) is 0 Å². The highest BCUT2D eigenvalue weighted by Crippen LogP contribution is 2.39. The van der Waals surface area contributed by atoms with Crippen molar-refractivity contribution in [3.05, 3.63) is 125 Å². The molecular weight excluding hydrogens is 598 g/mol. The van der Waals surface area contributed by atoms with Crippen LogP contribution in [0.15, 0.2) is 93.9 Å². The number of hydrogen-bond donors (Lipinski definition) is 0. The van der Waals surface area contributed by atoms with Gasteiger partial charge in [-0.1, -0.05) is 90.9 Å². The number of thiazole rings is 1. The van der Waals surface area contributed by atoms with Crippen molar-refractivity contribution < 1.29 is 19.1 Å². The summed E-state index contributed by atoms with van der Waals surface area (Å²) in [4.78, 5) is 49.2. The Balaban J connectivity index is 1.62. The second kappa shape index (κ2) is 12.3. The quantitative estimate of drug-likeness (QED) is 0.252. The Morgan fingerprint density at radius 1 is 1.00 bits per heavy atom. The third-order valence-corrected chi connectivity index (χ3v) is 9.16. The Labute approximate surface area is 263 Å². The first-order valence-electron chi connectivity index (χ1n) is 14.4. The van der Waals surface area contributed by atoms with Gasteiger partial charge in [-0.2, -0.15) is 0 Å². The van der Waals surface area contributed by atoms with E-state index in [0.29, 0.717) is 55.7 Å². The summed E-state index contributed by atoms with van der Waals surface area (Å²) < 4.78 is 13.0. The summed E-state index contributed by atoms with van der Waals surface area (Å²) >= 11 is 7.62. The minimum absolute atomic E-state index is 0.168. The summed E-state index contributed by atoms with van der Waals surface area (Å²) in [6.07, 6.45) is 1.23.